The minimum absolute atomic E-state index is 0.182. The van der Waals surface area contributed by atoms with Crippen molar-refractivity contribution in [3.05, 3.63) is 48.2 Å². The summed E-state index contributed by atoms with van der Waals surface area (Å²) in [5.74, 6) is 0.437. The molecule has 9 heteroatoms. The van der Waals surface area contributed by atoms with Gasteiger partial charge in [0.15, 0.2) is 5.13 Å². The molecule has 0 aliphatic heterocycles. The van der Waals surface area contributed by atoms with E-state index in [1.807, 2.05) is 24.3 Å². The summed E-state index contributed by atoms with van der Waals surface area (Å²) in [5.41, 5.74) is 1.77. The third-order valence-corrected chi connectivity index (χ3v) is 5.30. The van der Waals surface area contributed by atoms with E-state index in [1.165, 1.54) is 11.3 Å². The third-order valence-electron chi connectivity index (χ3n) is 4.35. The molecule has 2 aromatic carbocycles. The molecule has 0 bridgehead atoms. The second-order valence-corrected chi connectivity index (χ2v) is 7.19. The maximum absolute atomic E-state index is 12.5. The van der Waals surface area contributed by atoms with E-state index in [1.54, 1.807) is 32.4 Å². The lowest BCUT2D eigenvalue weighted by atomic mass is 10.2. The second-order valence-electron chi connectivity index (χ2n) is 6.16. The molecule has 29 heavy (non-hydrogen) atoms. The Hall–Kier alpha value is -3.59. The van der Waals surface area contributed by atoms with Crippen LogP contribution in [0.2, 0.25) is 0 Å². The minimum Gasteiger partial charge on any atom is -0.496 e. The summed E-state index contributed by atoms with van der Waals surface area (Å²) in [5, 5.41) is 6.52. The first-order valence-electron chi connectivity index (χ1n) is 8.76. The molecule has 0 spiro atoms. The van der Waals surface area contributed by atoms with Crippen molar-refractivity contribution in [2.75, 3.05) is 26.1 Å². The predicted molar refractivity (Wildman–Crippen MR) is 112 cm³/mol. The van der Waals surface area contributed by atoms with Crippen molar-refractivity contribution < 1.29 is 19.1 Å². The number of H-pyrrole nitrogens is 1. The highest BCUT2D eigenvalue weighted by Gasteiger charge is 2.16. The highest BCUT2D eigenvalue weighted by molar-refractivity contribution is 7.22. The number of para-hydroxylation sites is 1. The van der Waals surface area contributed by atoms with Gasteiger partial charge in [0.25, 0.3) is 5.91 Å². The van der Waals surface area contributed by atoms with Gasteiger partial charge in [-0.05, 0) is 30.3 Å². The Morgan fingerprint density at radius 2 is 1.86 bits per heavy atom. The maximum atomic E-state index is 12.5. The van der Waals surface area contributed by atoms with Gasteiger partial charge < -0.3 is 25.1 Å². The van der Waals surface area contributed by atoms with E-state index in [0.29, 0.717) is 27.8 Å². The summed E-state index contributed by atoms with van der Waals surface area (Å²) in [4.78, 5) is 32.0. The van der Waals surface area contributed by atoms with E-state index < -0.39 is 5.91 Å². The lowest BCUT2D eigenvalue weighted by molar-refractivity contribution is -0.115. The van der Waals surface area contributed by atoms with Gasteiger partial charge in [-0.3, -0.25) is 9.59 Å². The van der Waals surface area contributed by atoms with Gasteiger partial charge in [0.05, 0.1) is 36.5 Å². The quantitative estimate of drug-likeness (QED) is 0.453. The van der Waals surface area contributed by atoms with Crippen LogP contribution in [0, 0.1) is 0 Å². The third kappa shape index (κ3) is 3.72. The number of aromatic nitrogens is 2. The van der Waals surface area contributed by atoms with E-state index >= 15 is 0 Å². The fraction of sp³-hybridized carbons (Fsp3) is 0.150. The lowest BCUT2D eigenvalue weighted by Gasteiger charge is -2.05. The summed E-state index contributed by atoms with van der Waals surface area (Å²) >= 11 is 1.38. The van der Waals surface area contributed by atoms with Crippen LogP contribution < -0.4 is 20.1 Å². The molecule has 3 N–H and O–H groups in total. The zero-order valence-electron chi connectivity index (χ0n) is 15.7. The van der Waals surface area contributed by atoms with E-state index in [-0.39, 0.29) is 12.5 Å². The van der Waals surface area contributed by atoms with Gasteiger partial charge in [0.1, 0.15) is 17.2 Å². The second kappa shape index (κ2) is 7.80. The van der Waals surface area contributed by atoms with Gasteiger partial charge >= 0.3 is 0 Å². The number of benzene rings is 2. The van der Waals surface area contributed by atoms with Crippen LogP contribution in [-0.4, -0.2) is 42.5 Å². The molecular weight excluding hydrogens is 392 g/mol. The van der Waals surface area contributed by atoms with Crippen LogP contribution >= 0.6 is 11.3 Å². The fourth-order valence-corrected chi connectivity index (χ4v) is 3.87. The number of amides is 2. The van der Waals surface area contributed by atoms with Crippen molar-refractivity contribution >= 4 is 49.4 Å². The molecule has 0 aliphatic carbocycles. The number of fused-ring (bicyclic) bond motifs is 2. The summed E-state index contributed by atoms with van der Waals surface area (Å²) in [6.07, 6.45) is 0. The average molecular weight is 410 g/mol. The standard InChI is InChI=1S/C20H18N4O4S/c1-27-14-7-8-15(28-2)18-11(14)9-13(22-18)19(26)21-10-17(25)24-20-23-12-5-3-4-6-16(12)29-20/h3-9,22H,10H2,1-2H3,(H,21,26)(H,23,24,25). The SMILES string of the molecule is COc1ccc(OC)c2[nH]c(C(=O)NCC(=O)Nc3nc4ccccc4s3)cc12. The number of thiazole rings is 1. The molecule has 4 aromatic rings. The Bertz CT molecular complexity index is 1140. The number of hydrogen-bond donors (Lipinski definition) is 3. The van der Waals surface area contributed by atoms with Gasteiger partial charge in [-0.2, -0.15) is 0 Å². The predicted octanol–water partition coefficient (Wildman–Crippen LogP) is 3.16. The number of ether oxygens (including phenoxy) is 2. The summed E-state index contributed by atoms with van der Waals surface area (Å²) in [6, 6.07) is 12.8. The van der Waals surface area contributed by atoms with Crippen molar-refractivity contribution in [3.63, 3.8) is 0 Å². The van der Waals surface area contributed by atoms with Crippen LogP contribution in [0.5, 0.6) is 11.5 Å². The summed E-state index contributed by atoms with van der Waals surface area (Å²) in [6.45, 7) is -0.182. The number of carbonyl (C=O) groups is 2. The summed E-state index contributed by atoms with van der Waals surface area (Å²) in [7, 11) is 3.11. The number of aromatic amines is 1. The highest BCUT2D eigenvalue weighted by atomic mass is 32.1. The van der Waals surface area contributed by atoms with Gasteiger partial charge in [-0.25, -0.2) is 4.98 Å². The topological polar surface area (TPSA) is 105 Å². The molecule has 4 rings (SSSR count). The van der Waals surface area contributed by atoms with E-state index in [2.05, 4.69) is 20.6 Å². The molecule has 0 aliphatic rings. The zero-order valence-corrected chi connectivity index (χ0v) is 16.6. The Labute approximate surface area is 169 Å². The van der Waals surface area contributed by atoms with Crippen LogP contribution in [0.25, 0.3) is 21.1 Å². The molecule has 0 unspecified atom stereocenters. The van der Waals surface area contributed by atoms with Crippen molar-refractivity contribution in [1.29, 1.82) is 0 Å². The molecule has 0 saturated carbocycles. The molecule has 2 amide bonds. The van der Waals surface area contributed by atoms with E-state index in [0.717, 1.165) is 15.6 Å². The molecule has 148 valence electrons. The van der Waals surface area contributed by atoms with Gasteiger partial charge in [-0.15, -0.1) is 0 Å². The highest BCUT2D eigenvalue weighted by Crippen LogP contribution is 2.33. The summed E-state index contributed by atoms with van der Waals surface area (Å²) < 4.78 is 11.6. The molecule has 2 aromatic heterocycles. The van der Waals surface area contributed by atoms with Crippen molar-refractivity contribution in [1.82, 2.24) is 15.3 Å². The van der Waals surface area contributed by atoms with E-state index in [9.17, 15) is 9.59 Å². The minimum atomic E-state index is -0.412. The number of nitrogens with one attached hydrogen (secondary N) is 3. The molecule has 8 nitrogen and oxygen atoms in total. The number of nitrogens with zero attached hydrogens (tertiary/aromatic N) is 1. The van der Waals surface area contributed by atoms with Crippen LogP contribution in [0.1, 0.15) is 10.5 Å². The first kappa shape index (κ1) is 18.8. The van der Waals surface area contributed by atoms with Crippen LogP contribution in [0.15, 0.2) is 42.5 Å². The Morgan fingerprint density at radius 3 is 2.62 bits per heavy atom. The molecule has 0 saturated heterocycles. The molecule has 2 heterocycles. The Morgan fingerprint density at radius 1 is 1.10 bits per heavy atom. The molecule has 0 fully saturated rings. The van der Waals surface area contributed by atoms with E-state index in [4.69, 9.17) is 9.47 Å². The Kier molecular flexibility index (Phi) is 5.05. The van der Waals surface area contributed by atoms with Gasteiger partial charge in [-0.1, -0.05) is 23.5 Å². The fourth-order valence-electron chi connectivity index (χ4n) is 2.98. The number of rotatable bonds is 6. The van der Waals surface area contributed by atoms with Gasteiger partial charge in [0, 0.05) is 5.39 Å². The first-order valence-corrected chi connectivity index (χ1v) is 9.58. The Balaban J connectivity index is 1.44. The maximum Gasteiger partial charge on any atom is 0.268 e. The normalized spacial score (nSPS) is 10.8. The van der Waals surface area contributed by atoms with Crippen molar-refractivity contribution in [2.45, 2.75) is 0 Å². The number of carbonyl (C=O) groups excluding carboxylic acids is 2. The van der Waals surface area contributed by atoms with Gasteiger partial charge in [0.2, 0.25) is 5.91 Å². The molecule has 0 radical (unpaired) electrons. The largest absolute Gasteiger partial charge is 0.496 e. The van der Waals surface area contributed by atoms with Crippen molar-refractivity contribution in [2.24, 2.45) is 0 Å². The lowest BCUT2D eigenvalue weighted by Crippen LogP contribution is -2.33. The number of hydrogen-bond acceptors (Lipinski definition) is 6. The number of methoxy groups -OCH3 is 2. The van der Waals surface area contributed by atoms with Crippen LogP contribution in [0.4, 0.5) is 5.13 Å². The zero-order chi connectivity index (χ0) is 20.4. The monoisotopic (exact) mass is 410 g/mol. The first-order chi connectivity index (χ1) is 14.1. The smallest absolute Gasteiger partial charge is 0.268 e. The van der Waals surface area contributed by atoms with Crippen LogP contribution in [0.3, 0.4) is 0 Å². The number of anilines is 1. The molecule has 0 atom stereocenters. The van der Waals surface area contributed by atoms with Crippen LogP contribution in [-0.2, 0) is 4.79 Å². The average Bonchev–Trinajstić information content (AvgIpc) is 3.35. The molecular formula is C20H18N4O4S. The van der Waals surface area contributed by atoms with Crippen molar-refractivity contribution in [3.8, 4) is 11.5 Å².